The molecule has 8 heavy (non-hydrogen) atoms. The van der Waals surface area contributed by atoms with Crippen molar-refractivity contribution in [2.75, 3.05) is 11.5 Å². The second kappa shape index (κ2) is 4.55. The molecular weight excluding hydrogens is 196 g/mol. The van der Waals surface area contributed by atoms with Crippen LogP contribution in [-0.4, -0.2) is 15.4 Å². The predicted octanol–water partition coefficient (Wildman–Crippen LogP) is 2.98. The van der Waals surface area contributed by atoms with Crippen LogP contribution in [0, 0.1) is 0 Å². The van der Waals surface area contributed by atoms with Gasteiger partial charge in [-0.05, 0) is 9.83 Å². The maximum absolute atomic E-state index is 4.05. The van der Waals surface area contributed by atoms with Gasteiger partial charge in [0, 0.05) is 11.5 Å². The fraction of sp³-hybridized carbons (Fsp3) is 1.00. The fourth-order valence-electron chi connectivity index (χ4n) is 0.427. The molecule has 0 bridgehead atoms. The van der Waals surface area contributed by atoms with Gasteiger partial charge < -0.3 is 0 Å². The smallest absolute Gasteiger partial charge is 0.107 e. The summed E-state index contributed by atoms with van der Waals surface area (Å²) in [6.07, 6.45) is 0. The van der Waals surface area contributed by atoms with Gasteiger partial charge in [-0.3, -0.25) is 0 Å². The van der Waals surface area contributed by atoms with E-state index in [-0.39, 0.29) is 0 Å². The van der Waals surface area contributed by atoms with Crippen molar-refractivity contribution in [2.24, 2.45) is 0 Å². The predicted molar refractivity (Wildman–Crippen MR) is 52.9 cm³/mol. The van der Waals surface area contributed by atoms with Crippen molar-refractivity contribution in [3.05, 3.63) is 0 Å². The number of hydrogen-bond donors (Lipinski definition) is 1. The second-order valence-corrected chi connectivity index (χ2v) is 7.70. The number of hydrogen-bond acceptors (Lipinski definition) is 5. The largest absolute Gasteiger partial charge is 0.135 e. The SMILES string of the molecule is SSSC1SCCS1. The molecule has 48 valence electrons. The van der Waals surface area contributed by atoms with Crippen LogP contribution in [-0.2, 0) is 0 Å². The summed E-state index contributed by atoms with van der Waals surface area (Å²) < 4.78 is 0.748. The molecule has 0 nitrogen and oxygen atoms in total. The minimum absolute atomic E-state index is 0.748. The van der Waals surface area contributed by atoms with Crippen LogP contribution in [0.3, 0.4) is 0 Å². The van der Waals surface area contributed by atoms with Crippen molar-refractivity contribution in [1.29, 1.82) is 0 Å². The summed E-state index contributed by atoms with van der Waals surface area (Å²) in [7, 11) is 3.41. The average molecular weight is 202 g/mol. The van der Waals surface area contributed by atoms with Gasteiger partial charge >= 0.3 is 0 Å². The molecule has 1 rings (SSSR count). The van der Waals surface area contributed by atoms with E-state index >= 15 is 0 Å². The monoisotopic (exact) mass is 202 g/mol. The lowest BCUT2D eigenvalue weighted by atomic mass is 11.0. The van der Waals surface area contributed by atoms with Crippen LogP contribution in [0.1, 0.15) is 0 Å². The summed E-state index contributed by atoms with van der Waals surface area (Å²) in [5, 5.41) is 0. The lowest BCUT2D eigenvalue weighted by molar-refractivity contribution is 1.59. The van der Waals surface area contributed by atoms with E-state index in [4.69, 9.17) is 0 Å². The molecule has 1 aliphatic rings. The molecule has 0 aromatic rings. The molecule has 0 atom stereocenters. The van der Waals surface area contributed by atoms with Crippen molar-refractivity contribution >= 4 is 55.8 Å². The highest BCUT2D eigenvalue weighted by molar-refractivity contribution is 9.06. The van der Waals surface area contributed by atoms with Crippen LogP contribution in [0.5, 0.6) is 0 Å². The van der Waals surface area contributed by atoms with Crippen molar-refractivity contribution in [3.63, 3.8) is 0 Å². The van der Waals surface area contributed by atoms with Gasteiger partial charge in [-0.2, -0.15) is 0 Å². The Morgan fingerprint density at radius 3 is 2.50 bits per heavy atom. The molecule has 1 saturated heterocycles. The first-order chi connectivity index (χ1) is 3.93. The van der Waals surface area contributed by atoms with Gasteiger partial charge in [-0.15, -0.1) is 23.5 Å². The Balaban J connectivity index is 2.06. The zero-order valence-electron chi connectivity index (χ0n) is 4.07. The summed E-state index contributed by atoms with van der Waals surface area (Å²) >= 11 is 8.09. The summed E-state index contributed by atoms with van der Waals surface area (Å²) in [5.74, 6) is 2.63. The van der Waals surface area contributed by atoms with Gasteiger partial charge in [0.25, 0.3) is 0 Å². The molecule has 1 fully saturated rings. The Morgan fingerprint density at radius 1 is 1.38 bits per heavy atom. The quantitative estimate of drug-likeness (QED) is 0.540. The molecule has 0 aromatic carbocycles. The maximum atomic E-state index is 4.05. The van der Waals surface area contributed by atoms with Gasteiger partial charge in [0.05, 0.1) is 0 Å². The topological polar surface area (TPSA) is 0 Å². The van der Waals surface area contributed by atoms with Crippen LogP contribution in [0.2, 0.25) is 0 Å². The summed E-state index contributed by atoms with van der Waals surface area (Å²) in [4.78, 5) is 0. The van der Waals surface area contributed by atoms with E-state index in [9.17, 15) is 0 Å². The normalized spacial score (nSPS) is 22.1. The first-order valence-electron chi connectivity index (χ1n) is 2.13. The van der Waals surface area contributed by atoms with Crippen LogP contribution >= 0.6 is 55.8 Å². The van der Waals surface area contributed by atoms with E-state index in [1.54, 1.807) is 9.83 Å². The van der Waals surface area contributed by atoms with E-state index in [0.29, 0.717) is 0 Å². The molecule has 0 spiro atoms. The first-order valence-corrected chi connectivity index (χ1v) is 7.50. The third-order valence-corrected chi connectivity index (χ3v) is 7.19. The molecule has 0 radical (unpaired) electrons. The highest BCUT2D eigenvalue weighted by Crippen LogP contribution is 2.46. The van der Waals surface area contributed by atoms with E-state index < -0.39 is 0 Å². The van der Waals surface area contributed by atoms with Crippen molar-refractivity contribution in [1.82, 2.24) is 0 Å². The second-order valence-electron chi connectivity index (χ2n) is 1.20. The molecule has 0 saturated carbocycles. The molecule has 0 N–H and O–H groups in total. The standard InChI is InChI=1S/C3H6S5/c4-8-7-3-5-1-2-6-3/h3-4H,1-2H2. The van der Waals surface area contributed by atoms with Crippen molar-refractivity contribution in [3.8, 4) is 0 Å². The number of rotatable bonds is 2. The molecule has 0 aromatic heterocycles. The summed E-state index contributed by atoms with van der Waals surface area (Å²) in [6, 6.07) is 0. The molecule has 1 heterocycles. The van der Waals surface area contributed by atoms with Crippen molar-refractivity contribution in [2.45, 2.75) is 3.91 Å². The zero-order chi connectivity index (χ0) is 5.82. The van der Waals surface area contributed by atoms with Crippen LogP contribution in [0.15, 0.2) is 0 Å². The van der Waals surface area contributed by atoms with Crippen LogP contribution < -0.4 is 0 Å². The molecule has 5 heteroatoms. The van der Waals surface area contributed by atoms with Gasteiger partial charge in [-0.1, -0.05) is 22.5 Å². The molecule has 0 aliphatic carbocycles. The zero-order valence-corrected chi connectivity index (χ0v) is 8.23. The first kappa shape index (κ1) is 7.85. The highest BCUT2D eigenvalue weighted by Gasteiger charge is 2.15. The molecule has 0 amide bonds. The molecule has 1 aliphatic heterocycles. The Kier molecular flexibility index (Phi) is 4.46. The average Bonchev–Trinajstić information content (AvgIpc) is 2.19. The number of thioether (sulfide) groups is 2. The summed E-state index contributed by atoms with van der Waals surface area (Å²) in [5.41, 5.74) is 0. The Hall–Kier alpha value is 1.75. The highest BCUT2D eigenvalue weighted by atomic mass is 33.5. The minimum Gasteiger partial charge on any atom is -0.135 e. The van der Waals surface area contributed by atoms with E-state index in [1.807, 2.05) is 34.3 Å². The van der Waals surface area contributed by atoms with E-state index in [0.717, 1.165) is 3.91 Å². The third kappa shape index (κ3) is 2.56. The van der Waals surface area contributed by atoms with Gasteiger partial charge in [-0.25, -0.2) is 0 Å². The number of thiol groups is 1. The Bertz CT molecular complexity index is 58.7. The van der Waals surface area contributed by atoms with Crippen molar-refractivity contribution < 1.29 is 0 Å². The summed E-state index contributed by atoms with van der Waals surface area (Å²) in [6.45, 7) is 0. The lowest BCUT2D eigenvalue weighted by Crippen LogP contribution is -1.74. The van der Waals surface area contributed by atoms with E-state index in [1.165, 1.54) is 11.5 Å². The van der Waals surface area contributed by atoms with Crippen LogP contribution in [0.4, 0.5) is 0 Å². The lowest BCUT2D eigenvalue weighted by Gasteiger charge is -2.00. The fourth-order valence-corrected chi connectivity index (χ4v) is 7.38. The Labute approximate surface area is 70.9 Å². The molecule has 0 unspecified atom stereocenters. The van der Waals surface area contributed by atoms with Gasteiger partial charge in [0.2, 0.25) is 0 Å². The Morgan fingerprint density at radius 2 is 2.00 bits per heavy atom. The minimum atomic E-state index is 0.748. The van der Waals surface area contributed by atoms with Crippen LogP contribution in [0.25, 0.3) is 0 Å². The van der Waals surface area contributed by atoms with Gasteiger partial charge in [0.1, 0.15) is 3.91 Å². The third-order valence-electron chi connectivity index (χ3n) is 0.713. The maximum Gasteiger partial charge on any atom is 0.107 e. The van der Waals surface area contributed by atoms with Gasteiger partial charge in [0.15, 0.2) is 0 Å². The molecular formula is C3H6S5. The van der Waals surface area contributed by atoms with E-state index in [2.05, 4.69) is 11.7 Å².